The lowest BCUT2D eigenvalue weighted by Gasteiger charge is -2.13. The quantitative estimate of drug-likeness (QED) is 0.870. The largest absolute Gasteiger partial charge is 0.381 e. The summed E-state index contributed by atoms with van der Waals surface area (Å²) >= 11 is 2.03. The Labute approximate surface area is 101 Å². The van der Waals surface area contributed by atoms with Gasteiger partial charge in [0.15, 0.2) is 0 Å². The van der Waals surface area contributed by atoms with Gasteiger partial charge in [-0.2, -0.15) is 17.0 Å². The fourth-order valence-electron chi connectivity index (χ4n) is 1.96. The first kappa shape index (κ1) is 11.3. The molecule has 1 heterocycles. The van der Waals surface area contributed by atoms with Gasteiger partial charge in [0.2, 0.25) is 0 Å². The number of hydrogen-bond acceptors (Lipinski definition) is 3. The third-order valence-corrected chi connectivity index (χ3v) is 4.16. The van der Waals surface area contributed by atoms with Crippen molar-refractivity contribution in [2.24, 2.45) is 0 Å². The van der Waals surface area contributed by atoms with Crippen LogP contribution in [0.5, 0.6) is 0 Å². The van der Waals surface area contributed by atoms with Gasteiger partial charge in [-0.3, -0.25) is 0 Å². The molecule has 0 amide bonds. The van der Waals surface area contributed by atoms with Crippen molar-refractivity contribution in [1.29, 1.82) is 5.26 Å². The minimum Gasteiger partial charge on any atom is -0.381 e. The molecule has 2 atom stereocenters. The number of thioether (sulfide) groups is 1. The highest BCUT2D eigenvalue weighted by Crippen LogP contribution is 2.28. The van der Waals surface area contributed by atoms with Crippen LogP contribution in [0.25, 0.3) is 0 Å². The van der Waals surface area contributed by atoms with Gasteiger partial charge >= 0.3 is 0 Å². The first-order chi connectivity index (χ1) is 7.78. The predicted octanol–water partition coefficient (Wildman–Crippen LogP) is 3.06. The van der Waals surface area contributed by atoms with Crippen molar-refractivity contribution in [2.45, 2.75) is 31.1 Å². The molecular formula is C13H16N2S. The van der Waals surface area contributed by atoms with Crippen molar-refractivity contribution in [3.05, 3.63) is 29.8 Å². The smallest absolute Gasteiger partial charge is 0.0669 e. The molecule has 2 unspecified atom stereocenters. The maximum absolute atomic E-state index is 8.58. The molecule has 1 saturated heterocycles. The Hall–Kier alpha value is -1.14. The number of anilines is 1. The number of nitrogens with one attached hydrogen (secondary N) is 1. The molecule has 2 rings (SSSR count). The molecule has 1 aromatic carbocycles. The Morgan fingerprint density at radius 3 is 2.75 bits per heavy atom. The van der Waals surface area contributed by atoms with Crippen LogP contribution in [0.2, 0.25) is 0 Å². The summed E-state index contributed by atoms with van der Waals surface area (Å²) in [5.74, 6) is 1.20. The van der Waals surface area contributed by atoms with E-state index in [1.807, 2.05) is 23.9 Å². The summed E-state index contributed by atoms with van der Waals surface area (Å²) in [6.07, 6.45) is 1.74. The van der Waals surface area contributed by atoms with Gasteiger partial charge in [-0.15, -0.1) is 0 Å². The van der Waals surface area contributed by atoms with Gasteiger partial charge in [0.05, 0.1) is 12.5 Å². The van der Waals surface area contributed by atoms with Crippen molar-refractivity contribution in [3.8, 4) is 6.07 Å². The SMILES string of the molecule is CC1CC(Nc2ccc(CC#N)cc2)CS1. The van der Waals surface area contributed by atoms with Crippen LogP contribution in [0.3, 0.4) is 0 Å². The fourth-order valence-corrected chi connectivity index (χ4v) is 3.11. The summed E-state index contributed by atoms with van der Waals surface area (Å²) in [5.41, 5.74) is 2.25. The van der Waals surface area contributed by atoms with Crippen LogP contribution in [0, 0.1) is 11.3 Å². The summed E-state index contributed by atoms with van der Waals surface area (Å²) in [5, 5.41) is 12.9. The zero-order chi connectivity index (χ0) is 11.4. The number of nitrogens with zero attached hydrogens (tertiary/aromatic N) is 1. The molecule has 0 radical (unpaired) electrons. The minimum absolute atomic E-state index is 0.497. The van der Waals surface area contributed by atoms with E-state index in [0.29, 0.717) is 12.5 Å². The molecule has 0 saturated carbocycles. The van der Waals surface area contributed by atoms with Crippen LogP contribution in [-0.4, -0.2) is 17.0 Å². The zero-order valence-electron chi connectivity index (χ0n) is 9.44. The van der Waals surface area contributed by atoms with Crippen molar-refractivity contribution < 1.29 is 0 Å². The van der Waals surface area contributed by atoms with Gasteiger partial charge in [0.1, 0.15) is 0 Å². The highest BCUT2D eigenvalue weighted by molar-refractivity contribution is 8.00. The third-order valence-electron chi connectivity index (χ3n) is 2.81. The molecule has 1 aromatic rings. The molecule has 1 N–H and O–H groups in total. The molecule has 0 aliphatic carbocycles. The second-order valence-electron chi connectivity index (χ2n) is 4.25. The van der Waals surface area contributed by atoms with Crippen LogP contribution < -0.4 is 5.32 Å². The van der Waals surface area contributed by atoms with E-state index in [1.165, 1.54) is 17.9 Å². The van der Waals surface area contributed by atoms with Gasteiger partial charge in [0, 0.05) is 22.7 Å². The lowest BCUT2D eigenvalue weighted by Crippen LogP contribution is -2.18. The van der Waals surface area contributed by atoms with E-state index in [0.717, 1.165) is 10.8 Å². The average molecular weight is 232 g/mol. The van der Waals surface area contributed by atoms with Crippen molar-refractivity contribution in [1.82, 2.24) is 0 Å². The standard InChI is InChI=1S/C13H16N2S/c1-10-8-13(9-16-10)15-12-4-2-11(3-5-12)6-7-14/h2-5,10,13,15H,6,8-9H2,1H3. The van der Waals surface area contributed by atoms with E-state index < -0.39 is 0 Å². The van der Waals surface area contributed by atoms with Crippen LogP contribution in [-0.2, 0) is 6.42 Å². The first-order valence-electron chi connectivity index (χ1n) is 5.62. The molecule has 0 spiro atoms. The van der Waals surface area contributed by atoms with E-state index in [2.05, 4.69) is 30.4 Å². The first-order valence-corrected chi connectivity index (χ1v) is 6.67. The lowest BCUT2D eigenvalue weighted by molar-refractivity contribution is 0.747. The Morgan fingerprint density at radius 2 is 2.19 bits per heavy atom. The molecule has 16 heavy (non-hydrogen) atoms. The lowest BCUT2D eigenvalue weighted by atomic mass is 10.1. The highest BCUT2D eigenvalue weighted by Gasteiger charge is 2.21. The molecule has 0 bridgehead atoms. The summed E-state index contributed by atoms with van der Waals surface area (Å²) in [7, 11) is 0. The van der Waals surface area contributed by atoms with E-state index in [1.54, 1.807) is 0 Å². The summed E-state index contributed by atoms with van der Waals surface area (Å²) in [4.78, 5) is 0. The zero-order valence-corrected chi connectivity index (χ0v) is 10.3. The molecule has 84 valence electrons. The van der Waals surface area contributed by atoms with Crippen LogP contribution in [0.4, 0.5) is 5.69 Å². The Morgan fingerprint density at radius 1 is 1.44 bits per heavy atom. The van der Waals surface area contributed by atoms with E-state index in [-0.39, 0.29) is 0 Å². The average Bonchev–Trinajstić information content (AvgIpc) is 2.67. The second-order valence-corrected chi connectivity index (χ2v) is 5.72. The minimum atomic E-state index is 0.497. The van der Waals surface area contributed by atoms with Crippen LogP contribution in [0.1, 0.15) is 18.9 Å². The number of hydrogen-bond donors (Lipinski definition) is 1. The monoisotopic (exact) mass is 232 g/mol. The van der Waals surface area contributed by atoms with Crippen LogP contribution >= 0.6 is 11.8 Å². The Kier molecular flexibility index (Phi) is 3.74. The van der Waals surface area contributed by atoms with Crippen LogP contribution in [0.15, 0.2) is 24.3 Å². The summed E-state index contributed by atoms with van der Waals surface area (Å²) in [6, 6.07) is 10.9. The third kappa shape index (κ3) is 2.93. The number of rotatable bonds is 3. The van der Waals surface area contributed by atoms with E-state index in [9.17, 15) is 0 Å². The fraction of sp³-hybridized carbons (Fsp3) is 0.462. The topological polar surface area (TPSA) is 35.8 Å². The Bertz CT molecular complexity index is 380. The second kappa shape index (κ2) is 5.27. The van der Waals surface area contributed by atoms with Gasteiger partial charge in [-0.05, 0) is 24.1 Å². The predicted molar refractivity (Wildman–Crippen MR) is 69.7 cm³/mol. The van der Waals surface area contributed by atoms with Gasteiger partial charge < -0.3 is 5.32 Å². The maximum atomic E-state index is 8.58. The maximum Gasteiger partial charge on any atom is 0.0669 e. The molecule has 3 heteroatoms. The van der Waals surface area contributed by atoms with Gasteiger partial charge in [-0.25, -0.2) is 0 Å². The van der Waals surface area contributed by atoms with E-state index in [4.69, 9.17) is 5.26 Å². The molecule has 0 aromatic heterocycles. The number of benzene rings is 1. The van der Waals surface area contributed by atoms with Crippen molar-refractivity contribution in [3.63, 3.8) is 0 Å². The highest BCUT2D eigenvalue weighted by atomic mass is 32.2. The van der Waals surface area contributed by atoms with Gasteiger partial charge in [0.25, 0.3) is 0 Å². The van der Waals surface area contributed by atoms with E-state index >= 15 is 0 Å². The van der Waals surface area contributed by atoms with Crippen molar-refractivity contribution in [2.75, 3.05) is 11.1 Å². The molecule has 1 fully saturated rings. The normalized spacial score (nSPS) is 24.0. The summed E-state index contributed by atoms with van der Waals surface area (Å²) in [6.45, 7) is 2.28. The number of nitriles is 1. The Balaban J connectivity index is 1.92. The summed E-state index contributed by atoms with van der Waals surface area (Å²) < 4.78 is 0. The van der Waals surface area contributed by atoms with Gasteiger partial charge in [-0.1, -0.05) is 19.1 Å². The molecule has 2 nitrogen and oxygen atoms in total. The molecule has 1 aliphatic heterocycles. The molecule has 1 aliphatic rings. The molecular weight excluding hydrogens is 216 g/mol. The van der Waals surface area contributed by atoms with Crippen molar-refractivity contribution >= 4 is 17.4 Å².